The SMILES string of the molecule is Cc1nc(CN2C(=O)CC[C@]23CCCN(Cc2cnc(C)s2)CC3)cs1. The Hall–Kier alpha value is -1.31. The van der Waals surface area contributed by atoms with Gasteiger partial charge < -0.3 is 4.90 Å². The lowest BCUT2D eigenvalue weighted by Crippen LogP contribution is -2.46. The molecule has 2 aromatic heterocycles. The summed E-state index contributed by atoms with van der Waals surface area (Å²) >= 11 is 3.46. The number of rotatable bonds is 4. The minimum atomic E-state index is 0.0347. The van der Waals surface area contributed by atoms with Crippen molar-refractivity contribution in [1.82, 2.24) is 19.8 Å². The summed E-state index contributed by atoms with van der Waals surface area (Å²) in [6.07, 6.45) is 7.04. The highest BCUT2D eigenvalue weighted by molar-refractivity contribution is 7.11. The summed E-state index contributed by atoms with van der Waals surface area (Å²) < 4.78 is 0. The van der Waals surface area contributed by atoms with Gasteiger partial charge in [0, 0.05) is 41.5 Å². The highest BCUT2D eigenvalue weighted by Gasteiger charge is 2.45. The van der Waals surface area contributed by atoms with Gasteiger partial charge in [-0.25, -0.2) is 9.97 Å². The minimum Gasteiger partial charge on any atom is -0.331 e. The number of carbonyl (C=O) groups excluding carboxylic acids is 1. The molecule has 5 nitrogen and oxygen atoms in total. The fourth-order valence-electron chi connectivity index (χ4n) is 4.38. The molecule has 2 fully saturated rings. The lowest BCUT2D eigenvalue weighted by atomic mass is 9.87. The summed E-state index contributed by atoms with van der Waals surface area (Å²) in [5.74, 6) is 0.308. The molecule has 2 aliphatic heterocycles. The molecule has 0 N–H and O–H groups in total. The number of likely N-dealkylation sites (tertiary alicyclic amines) is 2. The molecular formula is C19H26N4OS2. The number of hydrogen-bond donors (Lipinski definition) is 0. The Kier molecular flexibility index (Phi) is 5.12. The van der Waals surface area contributed by atoms with Crippen LogP contribution in [0.1, 0.15) is 52.7 Å². The van der Waals surface area contributed by atoms with E-state index in [-0.39, 0.29) is 5.54 Å². The topological polar surface area (TPSA) is 49.3 Å². The Balaban J connectivity index is 1.45. The van der Waals surface area contributed by atoms with Crippen LogP contribution in [0.2, 0.25) is 0 Å². The summed E-state index contributed by atoms with van der Waals surface area (Å²) in [5.41, 5.74) is 1.08. The largest absolute Gasteiger partial charge is 0.331 e. The number of carbonyl (C=O) groups is 1. The molecule has 2 aliphatic rings. The van der Waals surface area contributed by atoms with E-state index >= 15 is 0 Å². The highest BCUT2D eigenvalue weighted by Crippen LogP contribution is 2.40. The molecule has 2 saturated heterocycles. The molecule has 1 atom stereocenters. The van der Waals surface area contributed by atoms with Gasteiger partial charge in [0.05, 0.1) is 22.3 Å². The van der Waals surface area contributed by atoms with Gasteiger partial charge in [-0.3, -0.25) is 9.69 Å². The monoisotopic (exact) mass is 390 g/mol. The Bertz CT molecular complexity index is 786. The molecule has 1 spiro atoms. The quantitative estimate of drug-likeness (QED) is 0.797. The maximum absolute atomic E-state index is 12.6. The molecule has 140 valence electrons. The van der Waals surface area contributed by atoms with E-state index in [1.54, 1.807) is 22.7 Å². The third kappa shape index (κ3) is 3.70. The van der Waals surface area contributed by atoms with Crippen molar-refractivity contribution in [3.8, 4) is 0 Å². The maximum Gasteiger partial charge on any atom is 0.223 e. The molecule has 0 aromatic carbocycles. The van der Waals surface area contributed by atoms with E-state index in [0.29, 0.717) is 18.9 Å². The van der Waals surface area contributed by atoms with E-state index in [1.165, 1.54) is 4.88 Å². The highest BCUT2D eigenvalue weighted by atomic mass is 32.1. The van der Waals surface area contributed by atoms with E-state index in [9.17, 15) is 4.79 Å². The fourth-order valence-corrected chi connectivity index (χ4v) is 5.83. The summed E-state index contributed by atoms with van der Waals surface area (Å²) in [6.45, 7) is 7.92. The Labute approximate surface area is 163 Å². The molecule has 4 heterocycles. The molecule has 0 unspecified atom stereocenters. The van der Waals surface area contributed by atoms with E-state index in [4.69, 9.17) is 0 Å². The first-order chi connectivity index (χ1) is 12.5. The van der Waals surface area contributed by atoms with Gasteiger partial charge in [-0.1, -0.05) is 0 Å². The van der Waals surface area contributed by atoms with Crippen LogP contribution in [0, 0.1) is 13.8 Å². The normalized spacial score (nSPS) is 24.5. The summed E-state index contributed by atoms with van der Waals surface area (Å²) in [5, 5.41) is 4.31. The van der Waals surface area contributed by atoms with Gasteiger partial charge in [0.15, 0.2) is 0 Å². The number of amides is 1. The smallest absolute Gasteiger partial charge is 0.223 e. The van der Waals surface area contributed by atoms with Crippen molar-refractivity contribution >= 4 is 28.6 Å². The zero-order valence-electron chi connectivity index (χ0n) is 15.5. The number of hydrogen-bond acceptors (Lipinski definition) is 6. The van der Waals surface area contributed by atoms with Crippen LogP contribution in [0.3, 0.4) is 0 Å². The van der Waals surface area contributed by atoms with E-state index in [1.807, 2.05) is 13.1 Å². The van der Waals surface area contributed by atoms with Gasteiger partial charge in [-0.15, -0.1) is 22.7 Å². The van der Waals surface area contributed by atoms with Gasteiger partial charge in [-0.05, 0) is 46.1 Å². The van der Waals surface area contributed by atoms with Gasteiger partial charge in [-0.2, -0.15) is 0 Å². The number of nitrogens with zero attached hydrogens (tertiary/aromatic N) is 4. The Morgan fingerprint density at radius 3 is 2.77 bits per heavy atom. The van der Waals surface area contributed by atoms with E-state index in [0.717, 1.165) is 61.0 Å². The van der Waals surface area contributed by atoms with Crippen LogP contribution >= 0.6 is 22.7 Å². The van der Waals surface area contributed by atoms with Crippen molar-refractivity contribution in [3.63, 3.8) is 0 Å². The van der Waals surface area contributed by atoms with Crippen molar-refractivity contribution < 1.29 is 4.79 Å². The molecule has 4 rings (SSSR count). The van der Waals surface area contributed by atoms with Gasteiger partial charge >= 0.3 is 0 Å². The van der Waals surface area contributed by atoms with Crippen LogP contribution in [-0.4, -0.2) is 44.3 Å². The van der Waals surface area contributed by atoms with Crippen molar-refractivity contribution in [2.24, 2.45) is 0 Å². The lowest BCUT2D eigenvalue weighted by Gasteiger charge is -2.38. The predicted molar refractivity (Wildman–Crippen MR) is 105 cm³/mol. The van der Waals surface area contributed by atoms with Crippen molar-refractivity contribution in [2.75, 3.05) is 13.1 Å². The summed E-state index contributed by atoms with van der Waals surface area (Å²) in [4.78, 5) is 27.6. The molecule has 2 aromatic rings. The van der Waals surface area contributed by atoms with Crippen LogP contribution < -0.4 is 0 Å². The van der Waals surface area contributed by atoms with Crippen molar-refractivity contribution in [3.05, 3.63) is 32.2 Å². The zero-order chi connectivity index (χ0) is 18.1. The van der Waals surface area contributed by atoms with Crippen LogP contribution in [-0.2, 0) is 17.9 Å². The second-order valence-electron chi connectivity index (χ2n) is 7.54. The van der Waals surface area contributed by atoms with E-state index in [2.05, 4.69) is 32.1 Å². The maximum atomic E-state index is 12.6. The van der Waals surface area contributed by atoms with Crippen molar-refractivity contribution in [2.45, 2.75) is 64.6 Å². The molecule has 0 radical (unpaired) electrons. The molecule has 26 heavy (non-hydrogen) atoms. The van der Waals surface area contributed by atoms with Crippen molar-refractivity contribution in [1.29, 1.82) is 0 Å². The van der Waals surface area contributed by atoms with Gasteiger partial charge in [0.25, 0.3) is 0 Å². The average molecular weight is 391 g/mol. The number of thiazole rings is 2. The second-order valence-corrected chi connectivity index (χ2v) is 9.92. The standard InChI is InChI=1S/C19H26N4OS2/c1-14-20-10-17(26-14)12-22-8-3-5-19(7-9-22)6-4-18(24)23(19)11-16-13-25-15(2)21-16/h10,13H,3-9,11-12H2,1-2H3/t19-/m0/s1. The number of aromatic nitrogens is 2. The van der Waals surface area contributed by atoms with E-state index < -0.39 is 0 Å². The Morgan fingerprint density at radius 2 is 2.04 bits per heavy atom. The predicted octanol–water partition coefficient (Wildman–Crippen LogP) is 3.76. The molecule has 0 aliphatic carbocycles. The summed E-state index contributed by atoms with van der Waals surface area (Å²) in [7, 11) is 0. The molecule has 0 bridgehead atoms. The van der Waals surface area contributed by atoms with Crippen LogP contribution in [0.15, 0.2) is 11.6 Å². The first-order valence-corrected chi connectivity index (χ1v) is 11.1. The third-order valence-corrected chi connectivity index (χ3v) is 7.44. The fraction of sp³-hybridized carbons (Fsp3) is 0.632. The second kappa shape index (κ2) is 7.37. The summed E-state index contributed by atoms with van der Waals surface area (Å²) in [6, 6.07) is 0. The molecular weight excluding hydrogens is 364 g/mol. The first-order valence-electron chi connectivity index (χ1n) is 9.39. The van der Waals surface area contributed by atoms with Gasteiger partial charge in [0.2, 0.25) is 5.91 Å². The third-order valence-electron chi connectivity index (χ3n) is 5.72. The Morgan fingerprint density at radius 1 is 1.15 bits per heavy atom. The van der Waals surface area contributed by atoms with Crippen LogP contribution in [0.4, 0.5) is 0 Å². The van der Waals surface area contributed by atoms with Crippen LogP contribution in [0.5, 0.6) is 0 Å². The zero-order valence-corrected chi connectivity index (χ0v) is 17.2. The molecule has 1 amide bonds. The number of aryl methyl sites for hydroxylation is 2. The minimum absolute atomic E-state index is 0.0347. The first kappa shape index (κ1) is 18.1. The molecule has 7 heteroatoms. The van der Waals surface area contributed by atoms with Gasteiger partial charge in [0.1, 0.15) is 0 Å². The molecule has 0 saturated carbocycles. The van der Waals surface area contributed by atoms with Crippen LogP contribution in [0.25, 0.3) is 0 Å². The lowest BCUT2D eigenvalue weighted by molar-refractivity contribution is -0.132. The average Bonchev–Trinajstić information content (AvgIpc) is 3.24.